The van der Waals surface area contributed by atoms with Crippen LogP contribution in [0.1, 0.15) is 37.3 Å². The molecule has 0 saturated carbocycles. The molecule has 0 spiro atoms. The Kier molecular flexibility index (Phi) is 4.29. The van der Waals surface area contributed by atoms with E-state index < -0.39 is 36.4 Å². The molecule has 2 aromatic heterocycles. The molecule has 1 unspecified atom stereocenters. The molecule has 0 aliphatic carbocycles. The predicted octanol–water partition coefficient (Wildman–Crippen LogP) is 2.93. The molecular formula is C22H21ClN4O5. The summed E-state index contributed by atoms with van der Waals surface area (Å²) in [5.41, 5.74) is 8.32. The number of halogens is 1. The van der Waals surface area contributed by atoms with Crippen molar-refractivity contribution < 1.29 is 23.7 Å². The molecular weight excluding hydrogens is 436 g/mol. The van der Waals surface area contributed by atoms with E-state index in [1.165, 1.54) is 6.33 Å². The zero-order valence-electron chi connectivity index (χ0n) is 17.4. The molecule has 3 aliphatic rings. The smallest absolute Gasteiger partial charge is 0.310 e. The summed E-state index contributed by atoms with van der Waals surface area (Å²) in [6.45, 7) is 3.71. The summed E-state index contributed by atoms with van der Waals surface area (Å²) < 4.78 is 26.6. The number of carbonyl (C=O) groups excluding carboxylic acids is 1. The van der Waals surface area contributed by atoms with Gasteiger partial charge in [-0.3, -0.25) is 4.79 Å². The number of rotatable bonds is 2. The van der Waals surface area contributed by atoms with Crippen molar-refractivity contribution in [1.82, 2.24) is 14.5 Å². The van der Waals surface area contributed by atoms with Gasteiger partial charge in [0.05, 0.1) is 11.8 Å². The SMILES string of the molecule is CC1(C)O[C@@H]2[C@H](O1)C([C@@H]1OC(=O)Cc3cc(Cl)ccc31)O[C@H]2n1ccc2c(N)ncnc21. The second-order valence-corrected chi connectivity index (χ2v) is 9.14. The maximum Gasteiger partial charge on any atom is 0.310 e. The lowest BCUT2D eigenvalue weighted by Crippen LogP contribution is -2.38. The van der Waals surface area contributed by atoms with Gasteiger partial charge in [0.2, 0.25) is 0 Å². The van der Waals surface area contributed by atoms with Crippen molar-refractivity contribution in [3.05, 3.63) is 52.9 Å². The van der Waals surface area contributed by atoms with Crippen LogP contribution in [-0.2, 0) is 30.2 Å². The molecule has 3 aliphatic heterocycles. The summed E-state index contributed by atoms with van der Waals surface area (Å²) in [5.74, 6) is -0.775. The van der Waals surface area contributed by atoms with Crippen LogP contribution in [0.5, 0.6) is 0 Å². The number of nitrogens with two attached hydrogens (primary N) is 1. The topological polar surface area (TPSA) is 111 Å². The van der Waals surface area contributed by atoms with E-state index in [1.54, 1.807) is 12.1 Å². The number of nitrogens with zero attached hydrogens (tertiary/aromatic N) is 3. The molecule has 32 heavy (non-hydrogen) atoms. The van der Waals surface area contributed by atoms with E-state index in [-0.39, 0.29) is 12.4 Å². The largest absolute Gasteiger partial charge is 0.454 e. The van der Waals surface area contributed by atoms with E-state index in [9.17, 15) is 4.79 Å². The van der Waals surface area contributed by atoms with Crippen LogP contribution in [0.3, 0.4) is 0 Å². The van der Waals surface area contributed by atoms with Crippen molar-refractivity contribution in [2.24, 2.45) is 0 Å². The van der Waals surface area contributed by atoms with Crippen LogP contribution in [0.25, 0.3) is 11.0 Å². The number of aromatic nitrogens is 3. The molecule has 166 valence electrons. The first-order chi connectivity index (χ1) is 15.3. The third-order valence-electron chi connectivity index (χ3n) is 6.18. The Balaban J connectivity index is 1.43. The predicted molar refractivity (Wildman–Crippen MR) is 114 cm³/mol. The zero-order chi connectivity index (χ0) is 22.2. The van der Waals surface area contributed by atoms with Gasteiger partial charge < -0.3 is 29.2 Å². The van der Waals surface area contributed by atoms with Crippen molar-refractivity contribution in [3.8, 4) is 0 Å². The minimum Gasteiger partial charge on any atom is -0.454 e. The summed E-state index contributed by atoms with van der Waals surface area (Å²) in [6, 6.07) is 7.30. The summed E-state index contributed by atoms with van der Waals surface area (Å²) in [6.07, 6.45) is 0.705. The molecule has 9 nitrogen and oxygen atoms in total. The fourth-order valence-electron chi connectivity index (χ4n) is 4.92. The van der Waals surface area contributed by atoms with Gasteiger partial charge in [-0.25, -0.2) is 9.97 Å². The first-order valence-corrected chi connectivity index (χ1v) is 10.7. The van der Waals surface area contributed by atoms with Gasteiger partial charge in [-0.15, -0.1) is 0 Å². The van der Waals surface area contributed by atoms with E-state index in [0.717, 1.165) is 16.5 Å². The van der Waals surface area contributed by atoms with Crippen LogP contribution in [-0.4, -0.2) is 44.6 Å². The Morgan fingerprint density at radius 3 is 2.81 bits per heavy atom. The monoisotopic (exact) mass is 456 g/mol. The molecule has 3 aromatic rings. The molecule has 1 aromatic carbocycles. The van der Waals surface area contributed by atoms with Crippen molar-refractivity contribution in [1.29, 1.82) is 0 Å². The number of anilines is 1. The van der Waals surface area contributed by atoms with Crippen molar-refractivity contribution in [2.45, 2.75) is 56.7 Å². The summed E-state index contributed by atoms with van der Waals surface area (Å²) >= 11 is 6.16. The van der Waals surface area contributed by atoms with E-state index in [2.05, 4.69) is 9.97 Å². The molecule has 2 N–H and O–H groups in total. The molecule has 0 bridgehead atoms. The minimum atomic E-state index is -0.825. The number of ether oxygens (including phenoxy) is 4. The fraction of sp³-hybridized carbons (Fsp3) is 0.409. The number of hydrogen-bond acceptors (Lipinski definition) is 8. The number of fused-ring (bicyclic) bond motifs is 3. The molecule has 2 saturated heterocycles. The number of nitrogen functional groups attached to an aromatic ring is 1. The third-order valence-corrected chi connectivity index (χ3v) is 6.42. The van der Waals surface area contributed by atoms with Crippen molar-refractivity contribution in [2.75, 3.05) is 5.73 Å². The Bertz CT molecular complexity index is 1240. The molecule has 6 rings (SSSR count). The van der Waals surface area contributed by atoms with Crippen LogP contribution < -0.4 is 5.73 Å². The highest BCUT2D eigenvalue weighted by atomic mass is 35.5. The van der Waals surface area contributed by atoms with Gasteiger partial charge in [-0.05, 0) is 43.2 Å². The van der Waals surface area contributed by atoms with Crippen LogP contribution in [0.2, 0.25) is 5.02 Å². The Morgan fingerprint density at radius 1 is 1.16 bits per heavy atom. The summed E-state index contributed by atoms with van der Waals surface area (Å²) in [4.78, 5) is 20.9. The van der Waals surface area contributed by atoms with Gasteiger partial charge in [0.1, 0.15) is 36.1 Å². The van der Waals surface area contributed by atoms with Gasteiger partial charge in [0, 0.05) is 11.2 Å². The maximum absolute atomic E-state index is 12.4. The highest BCUT2D eigenvalue weighted by molar-refractivity contribution is 6.30. The minimum absolute atomic E-state index is 0.165. The molecule has 2 fully saturated rings. The highest BCUT2D eigenvalue weighted by Gasteiger charge is 2.59. The Labute approximate surface area is 188 Å². The third kappa shape index (κ3) is 3.00. The highest BCUT2D eigenvalue weighted by Crippen LogP contribution is 2.49. The van der Waals surface area contributed by atoms with Crippen LogP contribution in [0.4, 0.5) is 5.82 Å². The quantitative estimate of drug-likeness (QED) is 0.586. The average molecular weight is 457 g/mol. The fourth-order valence-corrected chi connectivity index (χ4v) is 5.12. The molecule has 0 amide bonds. The van der Waals surface area contributed by atoms with Gasteiger partial charge in [0.25, 0.3) is 0 Å². The normalized spacial score (nSPS) is 30.8. The van der Waals surface area contributed by atoms with E-state index in [0.29, 0.717) is 16.5 Å². The first kappa shape index (κ1) is 19.9. The number of carbonyl (C=O) groups is 1. The lowest BCUT2D eigenvalue weighted by atomic mass is 9.91. The number of hydrogen-bond donors (Lipinski definition) is 1. The van der Waals surface area contributed by atoms with Gasteiger partial charge in [-0.1, -0.05) is 17.7 Å². The van der Waals surface area contributed by atoms with Crippen LogP contribution in [0, 0.1) is 0 Å². The average Bonchev–Trinajstić information content (AvgIpc) is 3.38. The summed E-state index contributed by atoms with van der Waals surface area (Å²) in [7, 11) is 0. The van der Waals surface area contributed by atoms with E-state index >= 15 is 0 Å². The lowest BCUT2D eigenvalue weighted by molar-refractivity contribution is -0.212. The molecule has 10 heteroatoms. The van der Waals surface area contributed by atoms with E-state index in [4.69, 9.17) is 36.3 Å². The Morgan fingerprint density at radius 2 is 1.97 bits per heavy atom. The lowest BCUT2D eigenvalue weighted by Gasteiger charge is -2.32. The Hall–Kier alpha value is -2.72. The molecule has 5 atom stereocenters. The van der Waals surface area contributed by atoms with E-state index in [1.807, 2.05) is 36.7 Å². The van der Waals surface area contributed by atoms with Crippen LogP contribution >= 0.6 is 11.6 Å². The number of cyclic esters (lactones) is 1. The molecule has 5 heterocycles. The first-order valence-electron chi connectivity index (χ1n) is 10.4. The second-order valence-electron chi connectivity index (χ2n) is 8.71. The summed E-state index contributed by atoms with van der Waals surface area (Å²) in [5, 5.41) is 1.29. The number of benzene rings is 1. The van der Waals surface area contributed by atoms with Gasteiger partial charge >= 0.3 is 5.97 Å². The zero-order valence-corrected chi connectivity index (χ0v) is 18.2. The van der Waals surface area contributed by atoms with Gasteiger partial charge in [-0.2, -0.15) is 0 Å². The second kappa shape index (κ2) is 6.89. The van der Waals surface area contributed by atoms with Crippen molar-refractivity contribution in [3.63, 3.8) is 0 Å². The van der Waals surface area contributed by atoms with Crippen molar-refractivity contribution >= 4 is 34.4 Å². The standard InChI is InChI=1S/C22H21ClN4O5/c1-22(2)31-17-16(15-12-4-3-11(23)7-10(12)8-14(28)29-15)30-21(18(17)32-22)27-6-5-13-19(24)25-9-26-20(13)27/h3-7,9,15-18,21H,8H2,1-2H3,(H2,24,25,26)/t15-,16?,17-,18-,21-/m1/s1. The molecule has 0 radical (unpaired) electrons. The van der Waals surface area contributed by atoms with Gasteiger partial charge in [0.15, 0.2) is 18.1 Å². The van der Waals surface area contributed by atoms with Crippen LogP contribution in [0.15, 0.2) is 36.8 Å². The number of esters is 1. The maximum atomic E-state index is 12.4.